The Morgan fingerprint density at radius 3 is 1.93 bits per heavy atom. The van der Waals surface area contributed by atoms with E-state index in [2.05, 4.69) is 9.97 Å². The van der Waals surface area contributed by atoms with Crippen LogP contribution in [0.15, 0.2) is 36.5 Å². The first-order chi connectivity index (χ1) is 12.3. The molecule has 3 rings (SSSR count). The summed E-state index contributed by atoms with van der Waals surface area (Å²) in [7, 11) is 0. The third kappa shape index (κ3) is 3.78. The van der Waals surface area contributed by atoms with Crippen LogP contribution in [0.1, 0.15) is 30.7 Å². The second kappa shape index (κ2) is 5.98. The number of hydrogen-bond acceptors (Lipinski definition) is 2. The Hall–Kier alpha value is -2.55. The molecule has 0 atom stereocenters. The molecule has 9 heteroatoms. The number of H-pyrrole nitrogens is 1. The topological polar surface area (TPSA) is 48.9 Å². The maximum absolute atomic E-state index is 13.1. The minimum Gasteiger partial charge on any atom is -0.384 e. The Morgan fingerprint density at radius 2 is 1.44 bits per heavy atom. The highest BCUT2D eigenvalue weighted by Gasteiger charge is 2.37. The van der Waals surface area contributed by atoms with Crippen molar-refractivity contribution in [1.82, 2.24) is 9.97 Å². The molecule has 0 fully saturated rings. The van der Waals surface area contributed by atoms with E-state index in [0.29, 0.717) is 28.7 Å². The normalized spacial score (nSPS) is 13.4. The van der Waals surface area contributed by atoms with E-state index in [1.54, 1.807) is 0 Å². The molecule has 0 radical (unpaired) electrons. The van der Waals surface area contributed by atoms with Crippen molar-refractivity contribution in [2.75, 3.05) is 0 Å². The summed E-state index contributed by atoms with van der Waals surface area (Å²) in [6.45, 7) is 2.99. The molecule has 144 valence electrons. The van der Waals surface area contributed by atoms with Gasteiger partial charge in [0.1, 0.15) is 0 Å². The number of benzene rings is 1. The maximum Gasteiger partial charge on any atom is 0.416 e. The molecular weight excluding hydrogens is 374 g/mol. The molecule has 0 aliphatic carbocycles. The van der Waals surface area contributed by atoms with Crippen molar-refractivity contribution in [1.29, 1.82) is 0 Å². The highest BCUT2D eigenvalue weighted by Crippen LogP contribution is 2.39. The summed E-state index contributed by atoms with van der Waals surface area (Å²) in [6, 6.07) is 4.32. The SMILES string of the molecule is CC(C)(O)c1cc2c(-c3cc(C(F)(F)F)cc(C(F)(F)F)c3)nccc2[nH]1. The number of alkyl halides is 6. The van der Waals surface area contributed by atoms with Gasteiger partial charge in [-0.15, -0.1) is 0 Å². The number of aliphatic hydroxyl groups is 1. The van der Waals surface area contributed by atoms with Gasteiger partial charge in [-0.1, -0.05) is 0 Å². The van der Waals surface area contributed by atoms with Crippen LogP contribution in [-0.4, -0.2) is 15.1 Å². The molecule has 2 heterocycles. The number of rotatable bonds is 2. The van der Waals surface area contributed by atoms with E-state index >= 15 is 0 Å². The van der Waals surface area contributed by atoms with Crippen LogP contribution in [0, 0.1) is 0 Å². The molecule has 0 spiro atoms. The number of nitrogens with one attached hydrogen (secondary N) is 1. The molecule has 2 N–H and O–H groups in total. The quantitative estimate of drug-likeness (QED) is 0.570. The first-order valence-electron chi connectivity index (χ1n) is 7.77. The molecule has 0 unspecified atom stereocenters. The average molecular weight is 388 g/mol. The molecule has 0 bridgehead atoms. The van der Waals surface area contributed by atoms with Gasteiger partial charge in [-0.2, -0.15) is 26.3 Å². The summed E-state index contributed by atoms with van der Waals surface area (Å²) < 4.78 is 78.6. The zero-order valence-corrected chi connectivity index (χ0v) is 14.1. The highest BCUT2D eigenvalue weighted by atomic mass is 19.4. The fraction of sp³-hybridized carbons (Fsp3) is 0.278. The molecule has 3 aromatic rings. The van der Waals surface area contributed by atoms with E-state index in [0.717, 1.165) is 0 Å². The minimum absolute atomic E-state index is 0.0455. The van der Waals surface area contributed by atoms with Crippen molar-refractivity contribution >= 4 is 10.9 Å². The summed E-state index contributed by atoms with van der Waals surface area (Å²) in [5.41, 5.74) is -3.67. The number of nitrogens with zero attached hydrogens (tertiary/aromatic N) is 1. The molecule has 0 aliphatic heterocycles. The lowest BCUT2D eigenvalue weighted by Gasteiger charge is -2.14. The van der Waals surface area contributed by atoms with Crippen molar-refractivity contribution in [3.63, 3.8) is 0 Å². The predicted molar refractivity (Wildman–Crippen MR) is 86.8 cm³/mol. The first kappa shape index (κ1) is 19.2. The monoisotopic (exact) mass is 388 g/mol. The second-order valence-corrected chi connectivity index (χ2v) is 6.66. The van der Waals surface area contributed by atoms with Crippen LogP contribution in [0.3, 0.4) is 0 Å². The molecule has 1 aromatic carbocycles. The molecule has 3 nitrogen and oxygen atoms in total. The van der Waals surface area contributed by atoms with Crippen molar-refractivity contribution < 1.29 is 31.4 Å². The Morgan fingerprint density at radius 1 is 0.889 bits per heavy atom. The van der Waals surface area contributed by atoms with Gasteiger partial charge >= 0.3 is 12.4 Å². The van der Waals surface area contributed by atoms with Crippen LogP contribution in [0.25, 0.3) is 22.2 Å². The van der Waals surface area contributed by atoms with Crippen LogP contribution in [0.4, 0.5) is 26.3 Å². The van der Waals surface area contributed by atoms with Gasteiger partial charge in [-0.3, -0.25) is 4.98 Å². The van der Waals surface area contributed by atoms with Gasteiger partial charge in [0.15, 0.2) is 0 Å². The second-order valence-electron chi connectivity index (χ2n) is 6.66. The molecule has 27 heavy (non-hydrogen) atoms. The van der Waals surface area contributed by atoms with E-state index in [9.17, 15) is 31.4 Å². The van der Waals surface area contributed by atoms with Crippen molar-refractivity contribution in [3.8, 4) is 11.3 Å². The number of pyridine rings is 1. The largest absolute Gasteiger partial charge is 0.416 e. The van der Waals surface area contributed by atoms with E-state index in [-0.39, 0.29) is 17.3 Å². The standard InChI is InChI=1S/C18H14F6N2O/c1-16(2,27)14-8-12-13(26-14)3-4-25-15(12)9-5-10(17(19,20)21)7-11(6-9)18(22,23)24/h3-8,26-27H,1-2H3. The number of aromatic amines is 1. The number of fused-ring (bicyclic) bond motifs is 1. The Bertz CT molecular complexity index is 963. The van der Waals surface area contributed by atoms with Gasteiger partial charge in [-0.05, 0) is 44.2 Å². The van der Waals surface area contributed by atoms with Crippen LogP contribution in [0.5, 0.6) is 0 Å². The van der Waals surface area contributed by atoms with Crippen LogP contribution in [0.2, 0.25) is 0 Å². The van der Waals surface area contributed by atoms with Crippen LogP contribution < -0.4 is 0 Å². The lowest BCUT2D eigenvalue weighted by atomic mass is 10.00. The summed E-state index contributed by atoms with van der Waals surface area (Å²) in [4.78, 5) is 6.88. The molecule has 0 saturated carbocycles. The Balaban J connectivity index is 2.29. The van der Waals surface area contributed by atoms with Gasteiger partial charge in [0.2, 0.25) is 0 Å². The van der Waals surface area contributed by atoms with E-state index in [4.69, 9.17) is 0 Å². The van der Waals surface area contributed by atoms with Crippen molar-refractivity contribution in [2.45, 2.75) is 31.8 Å². The van der Waals surface area contributed by atoms with Gasteiger partial charge in [0.25, 0.3) is 0 Å². The van der Waals surface area contributed by atoms with Crippen molar-refractivity contribution in [3.05, 3.63) is 53.3 Å². The summed E-state index contributed by atoms with van der Waals surface area (Å²) in [5, 5.41) is 10.4. The maximum atomic E-state index is 13.1. The summed E-state index contributed by atoms with van der Waals surface area (Å²) in [5.74, 6) is 0. The fourth-order valence-electron chi connectivity index (χ4n) is 2.71. The Kier molecular flexibility index (Phi) is 4.26. The number of hydrogen-bond donors (Lipinski definition) is 2. The van der Waals surface area contributed by atoms with Gasteiger partial charge < -0.3 is 10.1 Å². The van der Waals surface area contributed by atoms with Crippen LogP contribution >= 0.6 is 0 Å². The summed E-state index contributed by atoms with van der Waals surface area (Å²) in [6.07, 6.45) is -8.61. The van der Waals surface area contributed by atoms with Crippen LogP contribution in [-0.2, 0) is 18.0 Å². The molecule has 0 amide bonds. The van der Waals surface area contributed by atoms with Gasteiger partial charge in [0.05, 0.1) is 22.4 Å². The lowest BCUT2D eigenvalue weighted by Crippen LogP contribution is -2.15. The summed E-state index contributed by atoms with van der Waals surface area (Å²) >= 11 is 0. The van der Waals surface area contributed by atoms with E-state index in [1.165, 1.54) is 32.2 Å². The first-order valence-corrected chi connectivity index (χ1v) is 7.77. The molecular formula is C18H14F6N2O. The molecule has 0 saturated heterocycles. The average Bonchev–Trinajstić information content (AvgIpc) is 2.97. The lowest BCUT2D eigenvalue weighted by molar-refractivity contribution is -0.143. The molecule has 2 aromatic heterocycles. The minimum atomic E-state index is -4.94. The molecule has 0 aliphatic rings. The highest BCUT2D eigenvalue weighted by molar-refractivity contribution is 5.93. The Labute approximate surface area is 149 Å². The van der Waals surface area contributed by atoms with Gasteiger partial charge in [-0.25, -0.2) is 0 Å². The smallest absolute Gasteiger partial charge is 0.384 e. The van der Waals surface area contributed by atoms with Crippen molar-refractivity contribution in [2.24, 2.45) is 0 Å². The van der Waals surface area contributed by atoms with E-state index < -0.39 is 29.1 Å². The zero-order chi connectivity index (χ0) is 20.2. The third-order valence-corrected chi connectivity index (χ3v) is 4.07. The zero-order valence-electron chi connectivity index (χ0n) is 14.1. The number of halogens is 6. The number of aromatic nitrogens is 2. The third-order valence-electron chi connectivity index (χ3n) is 4.07. The van der Waals surface area contributed by atoms with E-state index in [1.807, 2.05) is 0 Å². The van der Waals surface area contributed by atoms with Gasteiger partial charge in [0, 0.05) is 28.4 Å². The predicted octanol–water partition coefficient (Wildman–Crippen LogP) is 5.49. The fourth-order valence-corrected chi connectivity index (χ4v) is 2.71.